The number of hydrazine groups is 1. The fourth-order valence-electron chi connectivity index (χ4n) is 3.47. The van der Waals surface area contributed by atoms with Crippen molar-refractivity contribution < 1.29 is 8.42 Å². The summed E-state index contributed by atoms with van der Waals surface area (Å²) in [6.07, 6.45) is 4.55. The monoisotopic (exact) mass is 281 g/mol. The summed E-state index contributed by atoms with van der Waals surface area (Å²) in [7, 11) is -3.50. The van der Waals surface area contributed by atoms with Crippen LogP contribution in [0.5, 0.6) is 0 Å². The van der Waals surface area contributed by atoms with E-state index in [9.17, 15) is 8.42 Å². The molecule has 3 unspecified atom stereocenters. The molecule has 19 heavy (non-hydrogen) atoms. The molecule has 1 aromatic rings. The Bertz CT molecular complexity index is 573. The standard InChI is InChI=1S/C13H19N3O2S/c14-15-11-3-1-2-4-13(11)19(17,18)16-12-8-9-5-6-10(12)7-9/h1-4,9-10,12,15-16H,5-8,14H2. The van der Waals surface area contributed by atoms with Gasteiger partial charge in [-0.15, -0.1) is 0 Å². The van der Waals surface area contributed by atoms with Crippen molar-refractivity contribution in [3.05, 3.63) is 24.3 Å². The van der Waals surface area contributed by atoms with E-state index < -0.39 is 10.0 Å². The van der Waals surface area contributed by atoms with E-state index in [0.29, 0.717) is 17.5 Å². The van der Waals surface area contributed by atoms with Gasteiger partial charge in [0.05, 0.1) is 5.69 Å². The number of hydrogen-bond acceptors (Lipinski definition) is 4. The molecule has 2 bridgehead atoms. The maximum Gasteiger partial charge on any atom is 0.242 e. The summed E-state index contributed by atoms with van der Waals surface area (Å²) >= 11 is 0. The van der Waals surface area contributed by atoms with E-state index in [2.05, 4.69) is 10.1 Å². The molecule has 2 aliphatic carbocycles. The van der Waals surface area contributed by atoms with Crippen molar-refractivity contribution in [1.82, 2.24) is 4.72 Å². The first-order chi connectivity index (χ1) is 9.10. The lowest BCUT2D eigenvalue weighted by Gasteiger charge is -2.23. The summed E-state index contributed by atoms with van der Waals surface area (Å²) in [6, 6.07) is 6.79. The van der Waals surface area contributed by atoms with Crippen LogP contribution in [-0.4, -0.2) is 14.5 Å². The first-order valence-electron chi connectivity index (χ1n) is 6.68. The van der Waals surface area contributed by atoms with Crippen molar-refractivity contribution >= 4 is 15.7 Å². The highest BCUT2D eigenvalue weighted by Gasteiger charge is 2.41. The zero-order valence-electron chi connectivity index (χ0n) is 10.7. The number of nitrogen functional groups attached to an aromatic ring is 1. The summed E-state index contributed by atoms with van der Waals surface area (Å²) in [5, 5.41) is 0. The Morgan fingerprint density at radius 2 is 1.95 bits per heavy atom. The molecule has 2 aliphatic rings. The van der Waals surface area contributed by atoms with Crippen molar-refractivity contribution in [1.29, 1.82) is 0 Å². The lowest BCUT2D eigenvalue weighted by Crippen LogP contribution is -2.38. The molecular weight excluding hydrogens is 262 g/mol. The fourth-order valence-corrected chi connectivity index (χ4v) is 4.96. The summed E-state index contributed by atoms with van der Waals surface area (Å²) in [4.78, 5) is 0.222. The molecule has 3 rings (SSSR count). The molecule has 2 fully saturated rings. The van der Waals surface area contributed by atoms with Crippen LogP contribution in [0, 0.1) is 11.8 Å². The van der Waals surface area contributed by atoms with E-state index in [4.69, 9.17) is 5.84 Å². The third-order valence-corrected chi connectivity index (χ3v) is 5.92. The third kappa shape index (κ3) is 2.35. The highest BCUT2D eigenvalue weighted by molar-refractivity contribution is 7.89. The SMILES string of the molecule is NNc1ccccc1S(=O)(=O)NC1CC2CCC1C2. The molecule has 4 N–H and O–H groups in total. The number of hydrogen-bond donors (Lipinski definition) is 3. The average molecular weight is 281 g/mol. The first-order valence-corrected chi connectivity index (χ1v) is 8.16. The smallest absolute Gasteiger partial charge is 0.242 e. The minimum absolute atomic E-state index is 0.0922. The summed E-state index contributed by atoms with van der Waals surface area (Å²) in [5.74, 6) is 6.59. The van der Waals surface area contributed by atoms with Crippen LogP contribution in [-0.2, 0) is 10.0 Å². The molecule has 0 saturated heterocycles. The van der Waals surface area contributed by atoms with Gasteiger partial charge in [-0.25, -0.2) is 13.1 Å². The van der Waals surface area contributed by atoms with Gasteiger partial charge in [-0.1, -0.05) is 18.6 Å². The van der Waals surface area contributed by atoms with Crippen molar-refractivity contribution in [2.24, 2.45) is 17.7 Å². The van der Waals surface area contributed by atoms with Crippen molar-refractivity contribution in [3.63, 3.8) is 0 Å². The average Bonchev–Trinajstić information content (AvgIpc) is 3.00. The molecule has 1 aromatic carbocycles. The molecular formula is C13H19N3O2S. The van der Waals surface area contributed by atoms with Crippen molar-refractivity contribution in [2.45, 2.75) is 36.6 Å². The number of nitrogens with one attached hydrogen (secondary N) is 2. The summed E-state index contributed by atoms with van der Waals surface area (Å²) < 4.78 is 27.7. The molecule has 3 atom stereocenters. The predicted molar refractivity (Wildman–Crippen MR) is 73.8 cm³/mol. The minimum atomic E-state index is -3.50. The maximum absolute atomic E-state index is 12.4. The predicted octanol–water partition coefficient (Wildman–Crippen LogP) is 1.44. The zero-order valence-corrected chi connectivity index (χ0v) is 11.5. The molecule has 2 saturated carbocycles. The molecule has 6 heteroatoms. The Balaban J connectivity index is 1.83. The summed E-state index contributed by atoms with van der Waals surface area (Å²) in [5.41, 5.74) is 2.87. The van der Waals surface area contributed by atoms with Gasteiger partial charge < -0.3 is 5.43 Å². The van der Waals surface area contributed by atoms with Crippen LogP contribution in [0.25, 0.3) is 0 Å². The van der Waals surface area contributed by atoms with Crippen LogP contribution >= 0.6 is 0 Å². The van der Waals surface area contributed by atoms with E-state index in [0.717, 1.165) is 12.8 Å². The van der Waals surface area contributed by atoms with Gasteiger partial charge in [0.25, 0.3) is 0 Å². The topological polar surface area (TPSA) is 84.2 Å². The second-order valence-corrected chi connectivity index (χ2v) is 7.23. The van der Waals surface area contributed by atoms with Gasteiger partial charge in [-0.2, -0.15) is 0 Å². The number of fused-ring (bicyclic) bond motifs is 2. The zero-order chi connectivity index (χ0) is 13.5. The Morgan fingerprint density at radius 3 is 2.58 bits per heavy atom. The van der Waals surface area contributed by atoms with Crippen LogP contribution in [0.2, 0.25) is 0 Å². The molecule has 0 aromatic heterocycles. The molecule has 0 spiro atoms. The minimum Gasteiger partial charge on any atom is -0.323 e. The van der Waals surface area contributed by atoms with Gasteiger partial charge in [0.2, 0.25) is 10.0 Å². The first kappa shape index (κ1) is 12.9. The number of sulfonamides is 1. The molecule has 0 aliphatic heterocycles. The van der Waals surface area contributed by atoms with Crippen molar-refractivity contribution in [3.8, 4) is 0 Å². The normalized spacial score (nSPS) is 29.6. The van der Waals surface area contributed by atoms with Gasteiger partial charge in [-0.05, 0) is 43.2 Å². The molecule has 5 nitrogen and oxygen atoms in total. The third-order valence-electron chi connectivity index (χ3n) is 4.38. The lowest BCUT2D eigenvalue weighted by molar-refractivity contribution is 0.390. The van der Waals surface area contributed by atoms with Gasteiger partial charge in [-0.3, -0.25) is 5.84 Å². The van der Waals surface area contributed by atoms with E-state index in [1.54, 1.807) is 24.3 Å². The molecule has 104 valence electrons. The Kier molecular flexibility index (Phi) is 3.24. The van der Waals surface area contributed by atoms with Gasteiger partial charge in [0, 0.05) is 6.04 Å². The number of benzene rings is 1. The Hall–Kier alpha value is -1.11. The molecule has 0 radical (unpaired) electrons. The Morgan fingerprint density at radius 1 is 1.16 bits per heavy atom. The second-order valence-electron chi connectivity index (χ2n) is 5.54. The number of anilines is 1. The van der Waals surface area contributed by atoms with Crippen LogP contribution in [0.1, 0.15) is 25.7 Å². The van der Waals surface area contributed by atoms with E-state index >= 15 is 0 Å². The highest BCUT2D eigenvalue weighted by Crippen LogP contribution is 2.44. The van der Waals surface area contributed by atoms with E-state index in [1.807, 2.05) is 0 Å². The van der Waals surface area contributed by atoms with Crippen LogP contribution < -0.4 is 16.0 Å². The molecule has 0 heterocycles. The second kappa shape index (κ2) is 4.77. The van der Waals surface area contributed by atoms with Gasteiger partial charge >= 0.3 is 0 Å². The highest BCUT2D eigenvalue weighted by atomic mass is 32.2. The summed E-state index contributed by atoms with van der Waals surface area (Å²) in [6.45, 7) is 0. The van der Waals surface area contributed by atoms with Crippen LogP contribution in [0.15, 0.2) is 29.2 Å². The van der Waals surface area contributed by atoms with Gasteiger partial charge in [0.15, 0.2) is 0 Å². The van der Waals surface area contributed by atoms with E-state index in [1.165, 1.54) is 12.8 Å². The van der Waals surface area contributed by atoms with Gasteiger partial charge in [0.1, 0.15) is 4.90 Å². The quantitative estimate of drug-likeness (QED) is 0.576. The van der Waals surface area contributed by atoms with Crippen molar-refractivity contribution in [2.75, 3.05) is 5.43 Å². The van der Waals surface area contributed by atoms with Crippen LogP contribution in [0.3, 0.4) is 0 Å². The van der Waals surface area contributed by atoms with E-state index in [-0.39, 0.29) is 10.9 Å². The molecule has 0 amide bonds. The van der Waals surface area contributed by atoms with Crippen LogP contribution in [0.4, 0.5) is 5.69 Å². The largest absolute Gasteiger partial charge is 0.323 e. The Labute approximate surface area is 113 Å². The fraction of sp³-hybridized carbons (Fsp3) is 0.538. The lowest BCUT2D eigenvalue weighted by atomic mass is 9.96. The maximum atomic E-state index is 12.4. The number of rotatable bonds is 4. The number of nitrogens with two attached hydrogens (primary N) is 1. The number of para-hydroxylation sites is 1.